The van der Waals surface area contributed by atoms with Gasteiger partial charge < -0.3 is 10.6 Å². The Kier molecular flexibility index (Phi) is 3.84. The molecule has 108 valence electrons. The maximum atomic E-state index is 12.7. The maximum Gasteiger partial charge on any atom is 0.254 e. The van der Waals surface area contributed by atoms with Crippen LogP contribution in [0, 0.1) is 0 Å². The van der Waals surface area contributed by atoms with E-state index in [0.717, 1.165) is 18.4 Å². The van der Waals surface area contributed by atoms with Gasteiger partial charge in [-0.05, 0) is 36.6 Å². The summed E-state index contributed by atoms with van der Waals surface area (Å²) in [5.74, 6) is -0.00412. The van der Waals surface area contributed by atoms with Gasteiger partial charge in [-0.1, -0.05) is 41.9 Å². The number of nitrogens with two attached hydrogens (primary N) is 1. The molecule has 1 amide bonds. The van der Waals surface area contributed by atoms with Crippen molar-refractivity contribution in [1.82, 2.24) is 4.90 Å². The molecule has 0 radical (unpaired) electrons. The van der Waals surface area contributed by atoms with Crippen LogP contribution in [0.1, 0.15) is 28.8 Å². The van der Waals surface area contributed by atoms with Crippen molar-refractivity contribution in [1.29, 1.82) is 0 Å². The van der Waals surface area contributed by atoms with Gasteiger partial charge >= 0.3 is 0 Å². The third kappa shape index (κ3) is 3.37. The number of rotatable bonds is 4. The normalized spacial score (nSPS) is 14.0. The van der Waals surface area contributed by atoms with Crippen molar-refractivity contribution < 1.29 is 4.79 Å². The number of hydrogen-bond donors (Lipinski definition) is 1. The number of benzene rings is 2. The van der Waals surface area contributed by atoms with Crippen LogP contribution in [0.25, 0.3) is 0 Å². The van der Waals surface area contributed by atoms with Crippen molar-refractivity contribution in [2.45, 2.75) is 25.4 Å². The molecule has 21 heavy (non-hydrogen) atoms. The van der Waals surface area contributed by atoms with Crippen LogP contribution in [0.4, 0.5) is 5.69 Å². The standard InChI is InChI=1S/C17H17ClN2O/c18-14-8-13(9-15(19)10-14)17(21)20(16-6-7-16)11-12-4-2-1-3-5-12/h1-5,8-10,16H,6-7,11,19H2. The molecule has 0 aromatic heterocycles. The lowest BCUT2D eigenvalue weighted by atomic mass is 10.1. The smallest absolute Gasteiger partial charge is 0.254 e. The first kappa shape index (κ1) is 14.0. The van der Waals surface area contributed by atoms with E-state index in [1.807, 2.05) is 35.2 Å². The number of nitrogens with zero attached hydrogens (tertiary/aromatic N) is 1. The molecule has 3 nitrogen and oxygen atoms in total. The van der Waals surface area contributed by atoms with E-state index in [0.29, 0.717) is 28.9 Å². The Morgan fingerprint density at radius 2 is 1.90 bits per heavy atom. The first-order valence-corrected chi connectivity index (χ1v) is 7.42. The third-order valence-corrected chi connectivity index (χ3v) is 3.83. The molecule has 0 aliphatic heterocycles. The lowest BCUT2D eigenvalue weighted by molar-refractivity contribution is 0.0730. The molecule has 2 N–H and O–H groups in total. The first-order chi connectivity index (χ1) is 10.1. The molecule has 2 aromatic rings. The SMILES string of the molecule is Nc1cc(Cl)cc(C(=O)N(Cc2ccccc2)C2CC2)c1. The summed E-state index contributed by atoms with van der Waals surface area (Å²) in [6.07, 6.45) is 2.13. The average molecular weight is 301 g/mol. The van der Waals surface area contributed by atoms with Crippen LogP contribution in [0.3, 0.4) is 0 Å². The van der Waals surface area contributed by atoms with E-state index in [1.54, 1.807) is 18.2 Å². The monoisotopic (exact) mass is 300 g/mol. The molecule has 0 saturated heterocycles. The van der Waals surface area contributed by atoms with Gasteiger partial charge in [0.25, 0.3) is 5.91 Å². The Morgan fingerprint density at radius 1 is 1.19 bits per heavy atom. The van der Waals surface area contributed by atoms with Crippen LogP contribution >= 0.6 is 11.6 Å². The number of nitrogen functional groups attached to an aromatic ring is 1. The van der Waals surface area contributed by atoms with E-state index in [1.165, 1.54) is 0 Å². The number of amides is 1. The lowest BCUT2D eigenvalue weighted by Gasteiger charge is -2.23. The van der Waals surface area contributed by atoms with Crippen LogP contribution in [-0.2, 0) is 6.54 Å². The molecule has 1 aliphatic carbocycles. The van der Waals surface area contributed by atoms with E-state index < -0.39 is 0 Å². The second-order valence-electron chi connectivity index (χ2n) is 5.42. The van der Waals surface area contributed by atoms with Crippen molar-refractivity contribution in [3.8, 4) is 0 Å². The summed E-state index contributed by atoms with van der Waals surface area (Å²) >= 11 is 6.00. The predicted octanol–water partition coefficient (Wildman–Crippen LogP) is 3.73. The van der Waals surface area contributed by atoms with Crippen LogP contribution in [0.15, 0.2) is 48.5 Å². The van der Waals surface area contributed by atoms with E-state index in [9.17, 15) is 4.79 Å². The van der Waals surface area contributed by atoms with Gasteiger partial charge in [0, 0.05) is 28.9 Å². The van der Waals surface area contributed by atoms with Crippen molar-refractivity contribution in [2.24, 2.45) is 0 Å². The van der Waals surface area contributed by atoms with E-state index >= 15 is 0 Å². The van der Waals surface area contributed by atoms with Gasteiger partial charge in [0.05, 0.1) is 0 Å². The zero-order valence-corrected chi connectivity index (χ0v) is 12.4. The maximum absolute atomic E-state index is 12.7. The molecule has 0 atom stereocenters. The molecule has 2 aromatic carbocycles. The zero-order chi connectivity index (χ0) is 14.8. The highest BCUT2D eigenvalue weighted by Crippen LogP contribution is 2.30. The van der Waals surface area contributed by atoms with E-state index in [4.69, 9.17) is 17.3 Å². The van der Waals surface area contributed by atoms with Gasteiger partial charge in [0.15, 0.2) is 0 Å². The Hall–Kier alpha value is -2.00. The highest BCUT2D eigenvalue weighted by molar-refractivity contribution is 6.31. The second kappa shape index (κ2) is 5.78. The molecule has 0 bridgehead atoms. The molecule has 3 rings (SSSR count). The number of hydrogen-bond acceptors (Lipinski definition) is 2. The van der Waals surface area contributed by atoms with Crippen LogP contribution in [0.2, 0.25) is 5.02 Å². The molecule has 1 fully saturated rings. The van der Waals surface area contributed by atoms with Crippen molar-refractivity contribution in [3.63, 3.8) is 0 Å². The molecule has 0 heterocycles. The second-order valence-corrected chi connectivity index (χ2v) is 5.86. The van der Waals surface area contributed by atoms with E-state index in [-0.39, 0.29) is 5.91 Å². The molecule has 0 unspecified atom stereocenters. The predicted molar refractivity (Wildman–Crippen MR) is 85.2 cm³/mol. The fourth-order valence-corrected chi connectivity index (χ4v) is 2.68. The summed E-state index contributed by atoms with van der Waals surface area (Å²) < 4.78 is 0. The van der Waals surface area contributed by atoms with E-state index in [2.05, 4.69) is 0 Å². The number of carbonyl (C=O) groups is 1. The Labute approximate surface area is 129 Å². The Bertz CT molecular complexity index is 633. The summed E-state index contributed by atoms with van der Waals surface area (Å²) in [7, 11) is 0. The third-order valence-electron chi connectivity index (χ3n) is 3.61. The summed E-state index contributed by atoms with van der Waals surface area (Å²) in [5.41, 5.74) is 7.99. The summed E-state index contributed by atoms with van der Waals surface area (Å²) in [4.78, 5) is 14.7. The zero-order valence-electron chi connectivity index (χ0n) is 11.6. The molecular weight excluding hydrogens is 284 g/mol. The highest BCUT2D eigenvalue weighted by atomic mass is 35.5. The van der Waals surface area contributed by atoms with Crippen molar-refractivity contribution >= 4 is 23.2 Å². The highest BCUT2D eigenvalue weighted by Gasteiger charge is 2.33. The fourth-order valence-electron chi connectivity index (χ4n) is 2.43. The summed E-state index contributed by atoms with van der Waals surface area (Å²) in [6, 6.07) is 15.4. The van der Waals surface area contributed by atoms with Crippen molar-refractivity contribution in [3.05, 3.63) is 64.7 Å². The van der Waals surface area contributed by atoms with Crippen LogP contribution in [0.5, 0.6) is 0 Å². The van der Waals surface area contributed by atoms with Crippen LogP contribution in [-0.4, -0.2) is 16.8 Å². The fraction of sp³-hybridized carbons (Fsp3) is 0.235. The minimum atomic E-state index is -0.00412. The minimum absolute atomic E-state index is 0.00412. The summed E-state index contributed by atoms with van der Waals surface area (Å²) in [5, 5.41) is 0.494. The van der Waals surface area contributed by atoms with Crippen molar-refractivity contribution in [2.75, 3.05) is 5.73 Å². The molecule has 1 aliphatic rings. The van der Waals surface area contributed by atoms with Gasteiger partial charge in [-0.25, -0.2) is 0 Å². The largest absolute Gasteiger partial charge is 0.399 e. The number of halogens is 1. The molecular formula is C17H17ClN2O. The minimum Gasteiger partial charge on any atom is -0.399 e. The molecule has 0 spiro atoms. The molecule has 1 saturated carbocycles. The van der Waals surface area contributed by atoms with Gasteiger partial charge in [-0.3, -0.25) is 4.79 Å². The van der Waals surface area contributed by atoms with Gasteiger partial charge in [0.1, 0.15) is 0 Å². The van der Waals surface area contributed by atoms with Gasteiger partial charge in [0.2, 0.25) is 0 Å². The topological polar surface area (TPSA) is 46.3 Å². The lowest BCUT2D eigenvalue weighted by Crippen LogP contribution is -2.32. The number of anilines is 1. The average Bonchev–Trinajstić information content (AvgIpc) is 3.29. The van der Waals surface area contributed by atoms with Gasteiger partial charge in [-0.2, -0.15) is 0 Å². The number of carbonyl (C=O) groups excluding carboxylic acids is 1. The quantitative estimate of drug-likeness (QED) is 0.875. The molecule has 4 heteroatoms. The Balaban J connectivity index is 1.85. The summed E-state index contributed by atoms with van der Waals surface area (Å²) in [6.45, 7) is 0.622. The Morgan fingerprint density at radius 3 is 2.52 bits per heavy atom. The van der Waals surface area contributed by atoms with Gasteiger partial charge in [-0.15, -0.1) is 0 Å². The van der Waals surface area contributed by atoms with Crippen LogP contribution < -0.4 is 5.73 Å². The first-order valence-electron chi connectivity index (χ1n) is 7.04.